The van der Waals surface area contributed by atoms with Crippen LogP contribution in [0.25, 0.3) is 11.0 Å². The third-order valence-electron chi connectivity index (χ3n) is 4.88. The van der Waals surface area contributed by atoms with E-state index >= 15 is 0 Å². The van der Waals surface area contributed by atoms with Crippen molar-refractivity contribution in [2.24, 2.45) is 5.92 Å². The highest BCUT2D eigenvalue weighted by atomic mass is 32.2. The number of hydrogen-bond donors (Lipinski definition) is 2. The molecule has 0 spiro atoms. The smallest absolute Gasteiger partial charge is 0.245 e. The van der Waals surface area contributed by atoms with E-state index in [9.17, 15) is 8.42 Å². The van der Waals surface area contributed by atoms with Gasteiger partial charge in [0, 0.05) is 36.9 Å². The normalized spacial score (nSPS) is 21.0. The summed E-state index contributed by atoms with van der Waals surface area (Å²) in [5.74, 6) is 0.857. The van der Waals surface area contributed by atoms with Gasteiger partial charge < -0.3 is 10.3 Å². The van der Waals surface area contributed by atoms with Crippen molar-refractivity contribution in [1.82, 2.24) is 19.6 Å². The third-order valence-corrected chi connectivity index (χ3v) is 6.82. The molecule has 1 saturated carbocycles. The Bertz CT molecular complexity index is 789. The topological polar surface area (TPSA) is 78.1 Å². The molecular formula is C16H22N4O2S. The molecule has 0 unspecified atom stereocenters. The van der Waals surface area contributed by atoms with Crippen LogP contribution in [0.3, 0.4) is 0 Å². The van der Waals surface area contributed by atoms with E-state index in [1.165, 1.54) is 12.8 Å². The molecule has 0 bridgehead atoms. The SMILES string of the molecule is O=S(=O)(c1c[nH]c2ncccc12)N1CCC(NCC2CC2)CC1. The van der Waals surface area contributed by atoms with Crippen molar-refractivity contribution in [3.05, 3.63) is 24.5 Å². The predicted octanol–water partition coefficient (Wildman–Crippen LogP) is 1.72. The number of pyridine rings is 1. The van der Waals surface area contributed by atoms with Crippen molar-refractivity contribution < 1.29 is 8.42 Å². The first-order chi connectivity index (χ1) is 11.1. The lowest BCUT2D eigenvalue weighted by molar-refractivity contribution is 0.288. The van der Waals surface area contributed by atoms with E-state index in [0.29, 0.717) is 35.1 Å². The zero-order valence-corrected chi connectivity index (χ0v) is 13.8. The number of aromatic amines is 1. The van der Waals surface area contributed by atoms with Gasteiger partial charge in [-0.2, -0.15) is 4.31 Å². The van der Waals surface area contributed by atoms with Gasteiger partial charge in [-0.15, -0.1) is 0 Å². The Morgan fingerprint density at radius 2 is 2.04 bits per heavy atom. The van der Waals surface area contributed by atoms with Crippen molar-refractivity contribution in [3.8, 4) is 0 Å². The van der Waals surface area contributed by atoms with Crippen LogP contribution in [0.4, 0.5) is 0 Å². The Labute approximate surface area is 136 Å². The molecule has 2 fully saturated rings. The van der Waals surface area contributed by atoms with Gasteiger partial charge in [0.2, 0.25) is 10.0 Å². The highest BCUT2D eigenvalue weighted by molar-refractivity contribution is 7.89. The largest absolute Gasteiger partial charge is 0.345 e. The Morgan fingerprint density at radius 1 is 1.26 bits per heavy atom. The van der Waals surface area contributed by atoms with Crippen LogP contribution in [0.15, 0.2) is 29.4 Å². The van der Waals surface area contributed by atoms with Gasteiger partial charge in [0.15, 0.2) is 0 Å². The molecule has 2 aromatic heterocycles. The molecule has 2 aliphatic rings. The molecule has 2 N–H and O–H groups in total. The van der Waals surface area contributed by atoms with E-state index in [0.717, 1.165) is 25.3 Å². The Morgan fingerprint density at radius 3 is 2.78 bits per heavy atom. The van der Waals surface area contributed by atoms with E-state index in [-0.39, 0.29) is 0 Å². The van der Waals surface area contributed by atoms with Crippen LogP contribution in [0.2, 0.25) is 0 Å². The molecule has 1 aliphatic heterocycles. The number of hydrogen-bond acceptors (Lipinski definition) is 4. The van der Waals surface area contributed by atoms with Gasteiger partial charge >= 0.3 is 0 Å². The highest BCUT2D eigenvalue weighted by Crippen LogP contribution is 2.29. The molecule has 0 atom stereocenters. The Balaban J connectivity index is 1.46. The van der Waals surface area contributed by atoms with Crippen LogP contribution in [0.5, 0.6) is 0 Å². The molecule has 2 aromatic rings. The van der Waals surface area contributed by atoms with E-state index < -0.39 is 10.0 Å². The number of piperidine rings is 1. The fourth-order valence-corrected chi connectivity index (χ4v) is 4.86. The van der Waals surface area contributed by atoms with Gasteiger partial charge in [0.25, 0.3) is 0 Å². The molecule has 0 amide bonds. The molecule has 124 valence electrons. The summed E-state index contributed by atoms with van der Waals surface area (Å²) in [6.07, 6.45) is 7.67. The zero-order valence-electron chi connectivity index (χ0n) is 13.0. The van der Waals surface area contributed by atoms with Crippen LogP contribution in [0, 0.1) is 5.92 Å². The number of aromatic nitrogens is 2. The summed E-state index contributed by atoms with van der Waals surface area (Å²) in [6.45, 7) is 2.25. The molecule has 0 radical (unpaired) electrons. The van der Waals surface area contributed by atoms with Crippen molar-refractivity contribution in [2.75, 3.05) is 19.6 Å². The van der Waals surface area contributed by atoms with Crippen molar-refractivity contribution in [1.29, 1.82) is 0 Å². The second-order valence-electron chi connectivity index (χ2n) is 6.58. The lowest BCUT2D eigenvalue weighted by Gasteiger charge is -2.31. The van der Waals surface area contributed by atoms with Gasteiger partial charge in [-0.3, -0.25) is 0 Å². The molecule has 1 aliphatic carbocycles. The van der Waals surface area contributed by atoms with Crippen LogP contribution in [0.1, 0.15) is 25.7 Å². The van der Waals surface area contributed by atoms with Crippen molar-refractivity contribution >= 4 is 21.1 Å². The average Bonchev–Trinajstić information content (AvgIpc) is 3.29. The van der Waals surface area contributed by atoms with Crippen molar-refractivity contribution in [2.45, 2.75) is 36.6 Å². The summed E-state index contributed by atoms with van der Waals surface area (Å²) < 4.78 is 27.4. The molecular weight excluding hydrogens is 312 g/mol. The van der Waals surface area contributed by atoms with Crippen LogP contribution in [-0.2, 0) is 10.0 Å². The van der Waals surface area contributed by atoms with E-state index in [2.05, 4.69) is 15.3 Å². The molecule has 3 heterocycles. The summed E-state index contributed by atoms with van der Waals surface area (Å²) in [5, 5.41) is 4.25. The number of nitrogens with one attached hydrogen (secondary N) is 2. The van der Waals surface area contributed by atoms with Gasteiger partial charge in [0.05, 0.1) is 0 Å². The standard InChI is InChI=1S/C16H22N4O2S/c21-23(22,15-11-19-16-14(15)2-1-7-17-16)20-8-5-13(6-9-20)18-10-12-3-4-12/h1-2,7,11-13,18H,3-6,8-10H2,(H,17,19). The Kier molecular flexibility index (Phi) is 3.87. The lowest BCUT2D eigenvalue weighted by atomic mass is 10.1. The molecule has 7 heteroatoms. The fourth-order valence-electron chi connectivity index (χ4n) is 3.24. The van der Waals surface area contributed by atoms with Crippen LogP contribution >= 0.6 is 0 Å². The number of sulfonamides is 1. The summed E-state index contributed by atoms with van der Waals surface area (Å²) >= 11 is 0. The maximum atomic E-state index is 12.9. The Hall–Kier alpha value is -1.44. The van der Waals surface area contributed by atoms with Gasteiger partial charge in [-0.05, 0) is 50.3 Å². The highest BCUT2D eigenvalue weighted by Gasteiger charge is 2.31. The minimum absolute atomic E-state index is 0.338. The van der Waals surface area contributed by atoms with Crippen molar-refractivity contribution in [3.63, 3.8) is 0 Å². The predicted molar refractivity (Wildman–Crippen MR) is 88.6 cm³/mol. The fraction of sp³-hybridized carbons (Fsp3) is 0.562. The third kappa shape index (κ3) is 3.00. The lowest BCUT2D eigenvalue weighted by Crippen LogP contribution is -2.45. The quantitative estimate of drug-likeness (QED) is 0.873. The van der Waals surface area contributed by atoms with Crippen LogP contribution in [-0.4, -0.2) is 48.4 Å². The second kappa shape index (κ2) is 5.89. The molecule has 0 aromatic carbocycles. The maximum Gasteiger partial charge on any atom is 0.245 e. The monoisotopic (exact) mass is 334 g/mol. The summed E-state index contributed by atoms with van der Waals surface area (Å²) in [4.78, 5) is 7.46. The van der Waals surface area contributed by atoms with Gasteiger partial charge in [-0.1, -0.05) is 0 Å². The van der Waals surface area contributed by atoms with Gasteiger partial charge in [0.1, 0.15) is 10.5 Å². The average molecular weight is 334 g/mol. The summed E-state index contributed by atoms with van der Waals surface area (Å²) in [6, 6.07) is 4.02. The first-order valence-corrected chi connectivity index (χ1v) is 9.74. The molecule has 1 saturated heterocycles. The minimum Gasteiger partial charge on any atom is -0.345 e. The first kappa shape index (κ1) is 15.1. The summed E-state index contributed by atoms with van der Waals surface area (Å²) in [5.41, 5.74) is 0.618. The number of fused-ring (bicyclic) bond motifs is 1. The minimum atomic E-state index is -3.45. The number of nitrogens with zero attached hydrogens (tertiary/aromatic N) is 2. The molecule has 4 rings (SSSR count). The van der Waals surface area contributed by atoms with E-state index in [1.54, 1.807) is 28.8 Å². The maximum absolute atomic E-state index is 12.9. The molecule has 23 heavy (non-hydrogen) atoms. The van der Waals surface area contributed by atoms with E-state index in [4.69, 9.17) is 0 Å². The first-order valence-electron chi connectivity index (χ1n) is 8.30. The number of rotatable bonds is 5. The van der Waals surface area contributed by atoms with Crippen LogP contribution < -0.4 is 5.32 Å². The molecule has 6 nitrogen and oxygen atoms in total. The summed E-state index contributed by atoms with van der Waals surface area (Å²) in [7, 11) is -3.45. The van der Waals surface area contributed by atoms with Gasteiger partial charge in [-0.25, -0.2) is 13.4 Å². The van der Waals surface area contributed by atoms with E-state index in [1.807, 2.05) is 0 Å². The second-order valence-corrected chi connectivity index (χ2v) is 8.49. The number of H-pyrrole nitrogens is 1. The zero-order chi connectivity index (χ0) is 15.9.